The number of anilines is 1. The number of hydrogen-bond donors (Lipinski definition) is 1. The molecule has 1 aliphatic rings. The van der Waals surface area contributed by atoms with E-state index in [0.717, 1.165) is 24.7 Å². The number of nitrogens with one attached hydrogen (secondary N) is 1. The summed E-state index contributed by atoms with van der Waals surface area (Å²) in [6.07, 6.45) is 7.83. The fraction of sp³-hybridized carbons (Fsp3) is 0.391. The molecule has 1 aliphatic carbocycles. The lowest BCUT2D eigenvalue weighted by molar-refractivity contribution is 0.0600. The Kier molecular flexibility index (Phi) is 7.06. The fourth-order valence-corrected chi connectivity index (χ4v) is 3.56. The van der Waals surface area contributed by atoms with E-state index in [-0.39, 0.29) is 5.91 Å². The van der Waals surface area contributed by atoms with Crippen molar-refractivity contribution in [3.8, 4) is 5.75 Å². The maximum absolute atomic E-state index is 12.4. The lowest BCUT2D eigenvalue weighted by Crippen LogP contribution is -2.13. The zero-order valence-electron chi connectivity index (χ0n) is 16.3. The molecule has 2 aromatic rings. The predicted molar refractivity (Wildman–Crippen MR) is 109 cm³/mol. The summed E-state index contributed by atoms with van der Waals surface area (Å²) in [7, 11) is 1.31. The minimum atomic E-state index is -0.468. The Balaban J connectivity index is 1.50. The standard InChI is InChI=1S/C23H27NO4/c1-27-23(26)19-9-5-8-18(16-19)22(25)24-20-10-12-21(13-11-20)28-15-14-17-6-3-2-4-7-17/h5,8-13,16-17H,2-4,6-7,14-15H2,1H3,(H,24,25). The van der Waals surface area contributed by atoms with Crippen LogP contribution in [0.5, 0.6) is 5.75 Å². The van der Waals surface area contributed by atoms with Gasteiger partial charge < -0.3 is 14.8 Å². The van der Waals surface area contributed by atoms with Crippen molar-refractivity contribution in [1.29, 1.82) is 0 Å². The summed E-state index contributed by atoms with van der Waals surface area (Å²) in [6.45, 7) is 0.733. The van der Waals surface area contributed by atoms with Crippen LogP contribution >= 0.6 is 0 Å². The van der Waals surface area contributed by atoms with Gasteiger partial charge in [0.15, 0.2) is 0 Å². The third-order valence-electron chi connectivity index (χ3n) is 5.18. The highest BCUT2D eigenvalue weighted by molar-refractivity contribution is 6.05. The molecule has 3 rings (SSSR count). The summed E-state index contributed by atoms with van der Waals surface area (Å²) in [5.41, 5.74) is 1.42. The van der Waals surface area contributed by atoms with Crippen molar-refractivity contribution in [2.75, 3.05) is 19.0 Å². The lowest BCUT2D eigenvalue weighted by atomic mass is 9.87. The number of benzene rings is 2. The van der Waals surface area contributed by atoms with Crippen molar-refractivity contribution in [3.05, 3.63) is 59.7 Å². The van der Waals surface area contributed by atoms with Crippen molar-refractivity contribution in [1.82, 2.24) is 0 Å². The Bertz CT molecular complexity index is 795. The van der Waals surface area contributed by atoms with E-state index in [0.29, 0.717) is 16.8 Å². The number of amides is 1. The molecule has 0 spiro atoms. The van der Waals surface area contributed by atoms with Gasteiger partial charge in [0.2, 0.25) is 0 Å². The minimum absolute atomic E-state index is 0.281. The summed E-state index contributed by atoms with van der Waals surface area (Å²) in [5, 5.41) is 2.83. The van der Waals surface area contributed by atoms with Crippen LogP contribution < -0.4 is 10.1 Å². The third-order valence-corrected chi connectivity index (χ3v) is 5.18. The molecule has 0 radical (unpaired) electrons. The maximum Gasteiger partial charge on any atom is 0.337 e. The van der Waals surface area contributed by atoms with E-state index >= 15 is 0 Å². The van der Waals surface area contributed by atoms with Gasteiger partial charge in [0.25, 0.3) is 5.91 Å². The topological polar surface area (TPSA) is 64.6 Å². The van der Waals surface area contributed by atoms with Gasteiger partial charge in [0.1, 0.15) is 5.75 Å². The molecule has 2 aromatic carbocycles. The highest BCUT2D eigenvalue weighted by atomic mass is 16.5. The number of methoxy groups -OCH3 is 1. The lowest BCUT2D eigenvalue weighted by Gasteiger charge is -2.21. The Hall–Kier alpha value is -2.82. The first-order valence-electron chi connectivity index (χ1n) is 9.88. The number of carbonyl (C=O) groups is 2. The molecule has 1 amide bonds. The normalized spacial score (nSPS) is 14.3. The first-order valence-corrected chi connectivity index (χ1v) is 9.88. The zero-order valence-corrected chi connectivity index (χ0v) is 16.3. The van der Waals surface area contributed by atoms with Crippen LogP contribution in [0.25, 0.3) is 0 Å². The van der Waals surface area contributed by atoms with E-state index in [1.165, 1.54) is 45.3 Å². The third kappa shape index (κ3) is 5.59. The molecule has 148 valence electrons. The van der Waals surface area contributed by atoms with Crippen LogP contribution in [-0.4, -0.2) is 25.6 Å². The van der Waals surface area contributed by atoms with Gasteiger partial charge in [0.05, 0.1) is 19.3 Å². The average Bonchev–Trinajstić information content (AvgIpc) is 2.75. The molecule has 0 saturated heterocycles. The van der Waals surface area contributed by atoms with Crippen LogP contribution in [-0.2, 0) is 4.74 Å². The molecule has 0 bridgehead atoms. The largest absolute Gasteiger partial charge is 0.494 e. The number of rotatable bonds is 7. The Morgan fingerprint density at radius 2 is 1.71 bits per heavy atom. The van der Waals surface area contributed by atoms with Crippen molar-refractivity contribution in [2.24, 2.45) is 5.92 Å². The fourth-order valence-electron chi connectivity index (χ4n) is 3.56. The molecule has 0 aromatic heterocycles. The van der Waals surface area contributed by atoms with Gasteiger partial charge in [-0.2, -0.15) is 0 Å². The number of carbonyl (C=O) groups excluding carboxylic acids is 2. The van der Waals surface area contributed by atoms with Crippen molar-refractivity contribution in [3.63, 3.8) is 0 Å². The summed E-state index contributed by atoms with van der Waals surface area (Å²) >= 11 is 0. The molecular formula is C23H27NO4. The van der Waals surface area contributed by atoms with Crippen LogP contribution in [0.3, 0.4) is 0 Å². The summed E-state index contributed by atoms with van der Waals surface area (Å²) in [5.74, 6) is 0.857. The van der Waals surface area contributed by atoms with Gasteiger partial charge in [-0.25, -0.2) is 4.79 Å². The average molecular weight is 381 g/mol. The van der Waals surface area contributed by atoms with Gasteiger partial charge in [0, 0.05) is 11.3 Å². The van der Waals surface area contributed by atoms with E-state index in [1.54, 1.807) is 18.2 Å². The maximum atomic E-state index is 12.4. The summed E-state index contributed by atoms with van der Waals surface area (Å²) in [6, 6.07) is 13.8. The van der Waals surface area contributed by atoms with Gasteiger partial charge >= 0.3 is 5.97 Å². The number of hydrogen-bond acceptors (Lipinski definition) is 4. The second-order valence-electron chi connectivity index (χ2n) is 7.19. The van der Waals surface area contributed by atoms with Crippen LogP contribution in [0.1, 0.15) is 59.2 Å². The molecule has 1 fully saturated rings. The monoisotopic (exact) mass is 381 g/mol. The van der Waals surface area contributed by atoms with Crippen LogP contribution in [0.2, 0.25) is 0 Å². The smallest absolute Gasteiger partial charge is 0.337 e. The van der Waals surface area contributed by atoms with Crippen LogP contribution in [0, 0.1) is 5.92 Å². The number of esters is 1. The van der Waals surface area contributed by atoms with E-state index in [4.69, 9.17) is 4.74 Å². The molecule has 0 aliphatic heterocycles. The quantitative estimate of drug-likeness (QED) is 0.680. The van der Waals surface area contributed by atoms with Gasteiger partial charge in [-0.15, -0.1) is 0 Å². The van der Waals surface area contributed by atoms with E-state index in [2.05, 4.69) is 10.1 Å². The van der Waals surface area contributed by atoms with Crippen molar-refractivity contribution in [2.45, 2.75) is 38.5 Å². The second-order valence-corrected chi connectivity index (χ2v) is 7.19. The molecule has 1 N–H and O–H groups in total. The highest BCUT2D eigenvalue weighted by Gasteiger charge is 2.13. The van der Waals surface area contributed by atoms with Gasteiger partial charge in [-0.05, 0) is 54.8 Å². The first-order chi connectivity index (χ1) is 13.7. The van der Waals surface area contributed by atoms with Crippen molar-refractivity contribution >= 4 is 17.6 Å². The molecule has 28 heavy (non-hydrogen) atoms. The van der Waals surface area contributed by atoms with Gasteiger partial charge in [-0.3, -0.25) is 4.79 Å². The van der Waals surface area contributed by atoms with E-state index < -0.39 is 5.97 Å². The van der Waals surface area contributed by atoms with Crippen molar-refractivity contribution < 1.29 is 19.1 Å². The molecule has 0 atom stereocenters. The zero-order chi connectivity index (χ0) is 19.8. The highest BCUT2D eigenvalue weighted by Crippen LogP contribution is 2.26. The SMILES string of the molecule is COC(=O)c1cccc(C(=O)Nc2ccc(OCCC3CCCCC3)cc2)c1. The predicted octanol–water partition coefficient (Wildman–Crippen LogP) is 5.07. The van der Waals surface area contributed by atoms with E-state index in [1.807, 2.05) is 24.3 Å². The van der Waals surface area contributed by atoms with Crippen LogP contribution in [0.15, 0.2) is 48.5 Å². The van der Waals surface area contributed by atoms with E-state index in [9.17, 15) is 9.59 Å². The summed E-state index contributed by atoms with van der Waals surface area (Å²) < 4.78 is 10.5. The molecule has 1 saturated carbocycles. The Morgan fingerprint density at radius 3 is 2.43 bits per heavy atom. The molecule has 5 nitrogen and oxygen atoms in total. The first kappa shape index (κ1) is 19.9. The Labute approximate surface area is 166 Å². The molecule has 0 unspecified atom stereocenters. The molecule has 5 heteroatoms. The minimum Gasteiger partial charge on any atom is -0.494 e. The Morgan fingerprint density at radius 1 is 1.00 bits per heavy atom. The molecular weight excluding hydrogens is 354 g/mol. The molecule has 0 heterocycles. The summed E-state index contributed by atoms with van der Waals surface area (Å²) in [4.78, 5) is 24.0. The second kappa shape index (κ2) is 9.93. The van der Waals surface area contributed by atoms with Gasteiger partial charge in [-0.1, -0.05) is 38.2 Å². The number of ether oxygens (including phenoxy) is 2. The van der Waals surface area contributed by atoms with Crippen LogP contribution in [0.4, 0.5) is 5.69 Å².